The van der Waals surface area contributed by atoms with Crippen LogP contribution in [0.15, 0.2) is 41.8 Å². The van der Waals surface area contributed by atoms with Crippen molar-refractivity contribution in [1.29, 1.82) is 0 Å². The van der Waals surface area contributed by atoms with Gasteiger partial charge in [0.25, 0.3) is 0 Å². The maximum Gasteiger partial charge on any atom is 0.229 e. The van der Waals surface area contributed by atoms with E-state index >= 15 is 0 Å². The second-order valence-electron chi connectivity index (χ2n) is 5.67. The third kappa shape index (κ3) is 4.99. The number of pyridine rings is 1. The van der Waals surface area contributed by atoms with Crippen molar-refractivity contribution in [3.63, 3.8) is 0 Å². The number of aryl methyl sites for hydroxylation is 1. The summed E-state index contributed by atoms with van der Waals surface area (Å²) >= 11 is 1.33. The minimum Gasteiger partial charge on any atom is -0.330 e. The number of sulfonamides is 1. The summed E-state index contributed by atoms with van der Waals surface area (Å²) in [5.41, 5.74) is 6.58. The molecule has 3 aromatic rings. The first kappa shape index (κ1) is 18.7. The number of nitrogens with one attached hydrogen (secondary N) is 3. The largest absolute Gasteiger partial charge is 0.330 e. The fourth-order valence-electron chi connectivity index (χ4n) is 2.29. The maximum absolute atomic E-state index is 11.4. The van der Waals surface area contributed by atoms with Gasteiger partial charge in [0.15, 0.2) is 5.01 Å². The molecule has 9 nitrogen and oxygen atoms in total. The van der Waals surface area contributed by atoms with Crippen LogP contribution in [-0.2, 0) is 10.0 Å². The van der Waals surface area contributed by atoms with E-state index in [1.54, 1.807) is 12.3 Å². The Morgan fingerprint density at radius 2 is 1.96 bits per heavy atom. The van der Waals surface area contributed by atoms with Crippen LogP contribution in [0.25, 0.3) is 10.6 Å². The Hall–Kier alpha value is -3.05. The zero-order valence-corrected chi connectivity index (χ0v) is 16.2. The third-order valence-corrected chi connectivity index (χ3v) is 4.88. The number of rotatable bonds is 7. The highest BCUT2D eigenvalue weighted by atomic mass is 32.2. The zero-order valence-electron chi connectivity index (χ0n) is 14.6. The molecule has 140 valence electrons. The second-order valence-corrected chi connectivity index (χ2v) is 8.40. The normalized spacial score (nSPS) is 11.0. The molecule has 2 heterocycles. The standard InChI is InChI=1S/C16H17N7O2S2/c1-10-6-12(4-5-14(10)20-17-2)19-16-22-21-15(26-16)11-7-13(9-18-8-11)23-27(3,24)25/h4-9,20,23H,2H2,1,3H3,(H,19,22). The van der Waals surface area contributed by atoms with E-state index in [1.807, 2.05) is 25.1 Å². The van der Waals surface area contributed by atoms with Gasteiger partial charge >= 0.3 is 0 Å². The van der Waals surface area contributed by atoms with Crippen LogP contribution >= 0.6 is 11.3 Å². The van der Waals surface area contributed by atoms with Gasteiger partial charge in [-0.2, -0.15) is 5.10 Å². The number of hydrazone groups is 1. The molecule has 0 atom stereocenters. The van der Waals surface area contributed by atoms with Gasteiger partial charge in [0.1, 0.15) is 0 Å². The first-order valence-corrected chi connectivity index (χ1v) is 10.4. The Labute approximate surface area is 160 Å². The Bertz CT molecular complexity index is 1080. The molecular weight excluding hydrogens is 386 g/mol. The summed E-state index contributed by atoms with van der Waals surface area (Å²) in [5.74, 6) is 0. The van der Waals surface area contributed by atoms with Crippen LogP contribution in [0.4, 0.5) is 22.2 Å². The fourth-order valence-corrected chi connectivity index (χ4v) is 3.58. The molecule has 0 aliphatic carbocycles. The van der Waals surface area contributed by atoms with Gasteiger partial charge in [-0.15, -0.1) is 10.2 Å². The van der Waals surface area contributed by atoms with E-state index in [1.165, 1.54) is 17.5 Å². The van der Waals surface area contributed by atoms with Crippen LogP contribution in [0, 0.1) is 6.92 Å². The average Bonchev–Trinajstić information content (AvgIpc) is 3.05. The topological polar surface area (TPSA) is 121 Å². The van der Waals surface area contributed by atoms with Gasteiger partial charge in [0, 0.05) is 24.2 Å². The van der Waals surface area contributed by atoms with Crippen LogP contribution in [0.5, 0.6) is 0 Å². The Morgan fingerprint density at radius 1 is 1.15 bits per heavy atom. The van der Waals surface area contributed by atoms with E-state index in [0.717, 1.165) is 23.2 Å². The van der Waals surface area contributed by atoms with Crippen LogP contribution in [0.3, 0.4) is 0 Å². The monoisotopic (exact) mass is 403 g/mol. The summed E-state index contributed by atoms with van der Waals surface area (Å²) < 4.78 is 25.1. The molecule has 11 heteroatoms. The van der Waals surface area contributed by atoms with E-state index in [-0.39, 0.29) is 0 Å². The minimum atomic E-state index is -3.37. The number of hydrogen-bond donors (Lipinski definition) is 3. The van der Waals surface area contributed by atoms with Gasteiger partial charge < -0.3 is 5.32 Å². The number of nitrogens with zero attached hydrogens (tertiary/aromatic N) is 4. The van der Waals surface area contributed by atoms with Crippen LogP contribution in [0.1, 0.15) is 5.56 Å². The summed E-state index contributed by atoms with van der Waals surface area (Å²) in [7, 11) is -3.37. The van der Waals surface area contributed by atoms with Crippen molar-refractivity contribution in [3.8, 4) is 10.6 Å². The van der Waals surface area contributed by atoms with Crippen molar-refractivity contribution >= 4 is 50.3 Å². The molecule has 0 spiro atoms. The quantitative estimate of drug-likeness (QED) is 0.409. The lowest BCUT2D eigenvalue weighted by molar-refractivity contribution is 0.607. The van der Waals surface area contributed by atoms with Crippen molar-refractivity contribution in [2.24, 2.45) is 5.10 Å². The summed E-state index contributed by atoms with van der Waals surface area (Å²) in [5, 5.41) is 16.3. The molecule has 0 aliphatic heterocycles. The van der Waals surface area contributed by atoms with Gasteiger partial charge in [-0.1, -0.05) is 11.3 Å². The van der Waals surface area contributed by atoms with Gasteiger partial charge in [-0.3, -0.25) is 15.1 Å². The average molecular weight is 403 g/mol. The highest BCUT2D eigenvalue weighted by Gasteiger charge is 2.10. The summed E-state index contributed by atoms with van der Waals surface area (Å²) in [6.45, 7) is 5.36. The summed E-state index contributed by atoms with van der Waals surface area (Å²) in [6.07, 6.45) is 4.12. The predicted octanol–water partition coefficient (Wildman–Crippen LogP) is 3.05. The lowest BCUT2D eigenvalue weighted by Crippen LogP contribution is -2.09. The highest BCUT2D eigenvalue weighted by Crippen LogP contribution is 2.30. The summed E-state index contributed by atoms with van der Waals surface area (Å²) in [6, 6.07) is 7.39. The van der Waals surface area contributed by atoms with Crippen molar-refractivity contribution in [2.75, 3.05) is 21.7 Å². The molecule has 0 fully saturated rings. The molecule has 0 saturated heterocycles. The zero-order chi connectivity index (χ0) is 19.4. The Kier molecular flexibility index (Phi) is 5.33. The highest BCUT2D eigenvalue weighted by molar-refractivity contribution is 7.92. The van der Waals surface area contributed by atoms with Gasteiger partial charge in [-0.25, -0.2) is 8.42 Å². The number of hydrogen-bond acceptors (Lipinski definition) is 9. The molecule has 0 amide bonds. The van der Waals surface area contributed by atoms with Crippen molar-refractivity contribution in [2.45, 2.75) is 6.92 Å². The Morgan fingerprint density at radius 3 is 2.67 bits per heavy atom. The van der Waals surface area contributed by atoms with E-state index < -0.39 is 10.0 Å². The molecule has 3 rings (SSSR count). The molecule has 0 bridgehead atoms. The Balaban J connectivity index is 1.78. The molecule has 2 aromatic heterocycles. The minimum absolute atomic E-state index is 0.370. The number of anilines is 4. The lowest BCUT2D eigenvalue weighted by Gasteiger charge is -2.07. The lowest BCUT2D eigenvalue weighted by atomic mass is 10.2. The molecule has 3 N–H and O–H groups in total. The molecule has 0 saturated carbocycles. The van der Waals surface area contributed by atoms with Crippen molar-refractivity contribution in [1.82, 2.24) is 15.2 Å². The van der Waals surface area contributed by atoms with E-state index in [9.17, 15) is 8.42 Å². The second kappa shape index (κ2) is 7.68. The van der Waals surface area contributed by atoms with Gasteiger partial charge in [0.2, 0.25) is 15.2 Å². The molecule has 0 unspecified atom stereocenters. The summed E-state index contributed by atoms with van der Waals surface area (Å²) in [4.78, 5) is 4.05. The fraction of sp³-hybridized carbons (Fsp3) is 0.125. The van der Waals surface area contributed by atoms with E-state index in [4.69, 9.17) is 0 Å². The van der Waals surface area contributed by atoms with E-state index in [2.05, 4.69) is 42.5 Å². The van der Waals surface area contributed by atoms with Crippen LogP contribution < -0.4 is 15.5 Å². The molecule has 0 radical (unpaired) electrons. The number of aromatic nitrogens is 3. The van der Waals surface area contributed by atoms with Crippen LogP contribution in [0.2, 0.25) is 0 Å². The van der Waals surface area contributed by atoms with Crippen LogP contribution in [-0.4, -0.2) is 36.6 Å². The molecule has 27 heavy (non-hydrogen) atoms. The van der Waals surface area contributed by atoms with Crippen molar-refractivity contribution in [3.05, 3.63) is 42.2 Å². The maximum atomic E-state index is 11.4. The third-order valence-electron chi connectivity index (χ3n) is 3.39. The van der Waals surface area contributed by atoms with Gasteiger partial charge in [0.05, 0.1) is 23.8 Å². The molecular formula is C16H17N7O2S2. The smallest absolute Gasteiger partial charge is 0.229 e. The first-order valence-electron chi connectivity index (χ1n) is 7.70. The van der Waals surface area contributed by atoms with E-state index in [0.29, 0.717) is 21.4 Å². The van der Waals surface area contributed by atoms with Crippen molar-refractivity contribution < 1.29 is 8.42 Å². The predicted molar refractivity (Wildman–Crippen MR) is 109 cm³/mol. The first-order chi connectivity index (χ1) is 12.8. The molecule has 1 aromatic carbocycles. The van der Waals surface area contributed by atoms with Gasteiger partial charge in [-0.05, 0) is 36.8 Å². The molecule has 0 aliphatic rings. The SMILES string of the molecule is C=NNc1ccc(Nc2nnc(-c3cncc(NS(C)(=O)=O)c3)s2)cc1C. The number of benzene rings is 1.